The molecule has 0 radical (unpaired) electrons. The van der Waals surface area contributed by atoms with E-state index in [4.69, 9.17) is 46.4 Å². The lowest BCUT2D eigenvalue weighted by molar-refractivity contribution is 0.102. The number of nitrogens with zero attached hydrogens (tertiary/aromatic N) is 1. The zero-order valence-electron chi connectivity index (χ0n) is 16.1. The van der Waals surface area contributed by atoms with Crippen LogP contribution >= 0.6 is 46.4 Å². The van der Waals surface area contributed by atoms with Gasteiger partial charge in [0.25, 0.3) is 5.91 Å². The summed E-state index contributed by atoms with van der Waals surface area (Å²) in [6.07, 6.45) is 1.09. The highest BCUT2D eigenvalue weighted by molar-refractivity contribution is 7.92. The van der Waals surface area contributed by atoms with Gasteiger partial charge in [-0.05, 0) is 48.0 Å². The summed E-state index contributed by atoms with van der Waals surface area (Å²) in [7, 11) is -3.64. The summed E-state index contributed by atoms with van der Waals surface area (Å²) in [4.78, 5) is 12.5. The number of carbonyl (C=O) groups excluding carboxylic acids is 1. The Bertz CT molecular complexity index is 1230. The predicted octanol–water partition coefficient (Wildman–Crippen LogP) is 6.52. The van der Waals surface area contributed by atoms with Gasteiger partial charge >= 0.3 is 0 Å². The average molecular weight is 518 g/mol. The van der Waals surface area contributed by atoms with E-state index < -0.39 is 10.0 Å². The van der Waals surface area contributed by atoms with Crippen molar-refractivity contribution >= 4 is 73.7 Å². The third kappa shape index (κ3) is 5.84. The topological polar surface area (TPSA) is 66.5 Å². The van der Waals surface area contributed by atoms with Crippen LogP contribution in [0.4, 0.5) is 11.4 Å². The molecule has 0 aliphatic carbocycles. The summed E-state index contributed by atoms with van der Waals surface area (Å²) in [5.74, 6) is -0.345. The largest absolute Gasteiger partial charge is 0.322 e. The number of nitrogens with one attached hydrogen (secondary N) is 1. The molecule has 3 aromatic carbocycles. The summed E-state index contributed by atoms with van der Waals surface area (Å²) in [5, 5.41) is 3.84. The summed E-state index contributed by atoms with van der Waals surface area (Å²) in [5.41, 5.74) is 1.83. The van der Waals surface area contributed by atoms with Crippen LogP contribution in [0.3, 0.4) is 0 Å². The van der Waals surface area contributed by atoms with E-state index in [0.717, 1.165) is 10.6 Å². The molecule has 1 amide bonds. The van der Waals surface area contributed by atoms with Gasteiger partial charge in [-0.15, -0.1) is 0 Å². The van der Waals surface area contributed by atoms with Crippen molar-refractivity contribution in [1.29, 1.82) is 0 Å². The Morgan fingerprint density at radius 2 is 1.58 bits per heavy atom. The van der Waals surface area contributed by atoms with E-state index in [1.54, 1.807) is 60.7 Å². The monoisotopic (exact) mass is 516 g/mol. The lowest BCUT2D eigenvalue weighted by Crippen LogP contribution is -2.29. The van der Waals surface area contributed by atoms with Crippen LogP contribution in [0.25, 0.3) is 0 Å². The van der Waals surface area contributed by atoms with Gasteiger partial charge in [-0.3, -0.25) is 9.10 Å². The molecule has 0 bridgehead atoms. The molecular formula is C21H16Cl4N2O3S. The molecule has 0 saturated heterocycles. The molecule has 162 valence electrons. The second-order valence-corrected chi connectivity index (χ2v) is 10.1. The highest BCUT2D eigenvalue weighted by Gasteiger charge is 2.21. The van der Waals surface area contributed by atoms with Crippen molar-refractivity contribution < 1.29 is 13.2 Å². The van der Waals surface area contributed by atoms with E-state index in [0.29, 0.717) is 26.9 Å². The van der Waals surface area contributed by atoms with Crippen LogP contribution in [-0.4, -0.2) is 20.6 Å². The van der Waals surface area contributed by atoms with Gasteiger partial charge in [0, 0.05) is 11.3 Å². The standard InChI is InChI=1S/C21H16Cl4N2O3S/c1-31(29,30)27(19-4-2-3-17(23)20(19)25)12-13-5-7-14(8-6-13)21(28)26-15-9-10-16(22)18(24)11-15/h2-11H,12H2,1H3,(H,26,28). The molecule has 0 spiro atoms. The maximum atomic E-state index is 12.5. The summed E-state index contributed by atoms with van der Waals surface area (Å²) < 4.78 is 25.9. The third-order valence-electron chi connectivity index (χ3n) is 4.32. The minimum Gasteiger partial charge on any atom is -0.322 e. The zero-order chi connectivity index (χ0) is 22.8. The fraction of sp³-hybridized carbons (Fsp3) is 0.0952. The van der Waals surface area contributed by atoms with Crippen LogP contribution in [0.5, 0.6) is 0 Å². The second-order valence-electron chi connectivity index (χ2n) is 6.62. The van der Waals surface area contributed by atoms with Gasteiger partial charge in [0.1, 0.15) is 0 Å². The van der Waals surface area contributed by atoms with E-state index >= 15 is 0 Å². The molecule has 31 heavy (non-hydrogen) atoms. The first kappa shape index (κ1) is 23.7. The normalized spacial score (nSPS) is 11.3. The fourth-order valence-corrected chi connectivity index (χ4v) is 4.41. The highest BCUT2D eigenvalue weighted by Crippen LogP contribution is 2.34. The van der Waals surface area contributed by atoms with Crippen molar-refractivity contribution in [2.24, 2.45) is 0 Å². The SMILES string of the molecule is CS(=O)(=O)N(Cc1ccc(C(=O)Nc2ccc(Cl)c(Cl)c2)cc1)c1cccc(Cl)c1Cl. The zero-order valence-corrected chi connectivity index (χ0v) is 19.9. The Balaban J connectivity index is 1.80. The van der Waals surface area contributed by atoms with Gasteiger partial charge in [0.05, 0.1) is 38.6 Å². The van der Waals surface area contributed by atoms with Gasteiger partial charge in [-0.1, -0.05) is 64.6 Å². The summed E-state index contributed by atoms with van der Waals surface area (Å²) in [6, 6.07) is 16.1. The molecule has 0 atom stereocenters. The van der Waals surface area contributed by atoms with E-state index in [1.165, 1.54) is 0 Å². The molecule has 5 nitrogen and oxygen atoms in total. The number of halogens is 4. The van der Waals surface area contributed by atoms with Crippen LogP contribution in [0, 0.1) is 0 Å². The van der Waals surface area contributed by atoms with E-state index in [9.17, 15) is 13.2 Å². The van der Waals surface area contributed by atoms with E-state index in [-0.39, 0.29) is 28.2 Å². The van der Waals surface area contributed by atoms with Crippen molar-refractivity contribution in [1.82, 2.24) is 0 Å². The van der Waals surface area contributed by atoms with E-state index in [1.807, 2.05) is 0 Å². The molecule has 10 heteroatoms. The molecule has 3 rings (SSSR count). The second kappa shape index (κ2) is 9.67. The summed E-state index contributed by atoms with van der Waals surface area (Å²) >= 11 is 24.1. The lowest BCUT2D eigenvalue weighted by atomic mass is 10.1. The molecule has 0 aromatic heterocycles. The Morgan fingerprint density at radius 3 is 2.19 bits per heavy atom. The average Bonchev–Trinajstić information content (AvgIpc) is 2.71. The number of hydrogen-bond acceptors (Lipinski definition) is 3. The van der Waals surface area contributed by atoms with Gasteiger partial charge in [0.15, 0.2) is 0 Å². The molecular weight excluding hydrogens is 502 g/mol. The number of benzene rings is 3. The van der Waals surface area contributed by atoms with Gasteiger partial charge in [-0.25, -0.2) is 8.42 Å². The predicted molar refractivity (Wildman–Crippen MR) is 128 cm³/mol. The molecule has 1 N–H and O–H groups in total. The Hall–Kier alpha value is -1.96. The Kier molecular flexibility index (Phi) is 7.39. The fourth-order valence-electron chi connectivity index (χ4n) is 2.77. The van der Waals surface area contributed by atoms with Crippen LogP contribution in [0.2, 0.25) is 20.1 Å². The lowest BCUT2D eigenvalue weighted by Gasteiger charge is -2.24. The summed E-state index contributed by atoms with van der Waals surface area (Å²) in [6.45, 7) is 0.0214. The van der Waals surface area contributed by atoms with Gasteiger partial charge in [-0.2, -0.15) is 0 Å². The van der Waals surface area contributed by atoms with Gasteiger partial charge in [0.2, 0.25) is 10.0 Å². The van der Waals surface area contributed by atoms with Crippen molar-refractivity contribution in [3.8, 4) is 0 Å². The first-order valence-corrected chi connectivity index (χ1v) is 12.2. The minimum atomic E-state index is -3.64. The van der Waals surface area contributed by atoms with Crippen LogP contribution in [0.15, 0.2) is 60.7 Å². The van der Waals surface area contributed by atoms with Crippen molar-refractivity contribution in [3.63, 3.8) is 0 Å². The van der Waals surface area contributed by atoms with Crippen LogP contribution in [-0.2, 0) is 16.6 Å². The number of sulfonamides is 1. The van der Waals surface area contributed by atoms with Crippen molar-refractivity contribution in [3.05, 3.63) is 91.9 Å². The molecule has 0 aliphatic rings. The minimum absolute atomic E-state index is 0.0214. The molecule has 0 unspecified atom stereocenters. The Morgan fingerprint density at radius 1 is 0.903 bits per heavy atom. The first-order valence-electron chi connectivity index (χ1n) is 8.83. The van der Waals surface area contributed by atoms with Crippen molar-refractivity contribution in [2.45, 2.75) is 6.54 Å². The number of carbonyl (C=O) groups is 1. The highest BCUT2D eigenvalue weighted by atomic mass is 35.5. The number of amides is 1. The third-order valence-corrected chi connectivity index (χ3v) is 6.99. The van der Waals surface area contributed by atoms with Crippen molar-refractivity contribution in [2.75, 3.05) is 15.9 Å². The number of anilines is 2. The molecule has 0 heterocycles. The molecule has 0 fully saturated rings. The van der Waals surface area contributed by atoms with E-state index in [2.05, 4.69) is 5.32 Å². The molecule has 3 aromatic rings. The quantitative estimate of drug-likeness (QED) is 0.404. The number of hydrogen-bond donors (Lipinski definition) is 1. The number of rotatable bonds is 6. The van der Waals surface area contributed by atoms with Crippen LogP contribution < -0.4 is 9.62 Å². The maximum absolute atomic E-state index is 12.5. The Labute approximate surface area is 200 Å². The molecule has 0 aliphatic heterocycles. The maximum Gasteiger partial charge on any atom is 0.255 e. The van der Waals surface area contributed by atoms with Crippen LogP contribution in [0.1, 0.15) is 15.9 Å². The molecule has 0 saturated carbocycles. The first-order chi connectivity index (χ1) is 14.6. The van der Waals surface area contributed by atoms with Gasteiger partial charge < -0.3 is 5.32 Å². The smallest absolute Gasteiger partial charge is 0.255 e.